The lowest BCUT2D eigenvalue weighted by Gasteiger charge is -2.38. The standard InChI is InChI=1S/C28H30N6O5/c29-12-11-28(10-8-22(27(37)38)39-16-28)34-21-9-13-30-25(35)23(21)24(32-34)31-18-6-7-20-17(14-18)15-33(26(20)36)19-4-2-1-3-5-19/h6-7,9,13-14,19,22H,1-5,8,10-11,15-16H2,(H,30,35)(H,31,32)(H,37,38). The van der Waals surface area contributed by atoms with Crippen LogP contribution < -0.4 is 10.9 Å². The number of carboxylic acids is 1. The molecule has 6 rings (SSSR count). The zero-order valence-corrected chi connectivity index (χ0v) is 21.5. The van der Waals surface area contributed by atoms with Gasteiger partial charge in [0.1, 0.15) is 5.39 Å². The van der Waals surface area contributed by atoms with Gasteiger partial charge in [-0.25, -0.2) is 4.79 Å². The largest absolute Gasteiger partial charge is 0.479 e. The van der Waals surface area contributed by atoms with Crippen LogP contribution in [-0.2, 0) is 21.6 Å². The Balaban J connectivity index is 1.33. The highest BCUT2D eigenvalue weighted by molar-refractivity contribution is 5.99. The summed E-state index contributed by atoms with van der Waals surface area (Å²) in [6.07, 6.45) is 6.81. The molecule has 39 heavy (non-hydrogen) atoms. The molecule has 1 aliphatic carbocycles. The maximum Gasteiger partial charge on any atom is 0.332 e. The van der Waals surface area contributed by atoms with Gasteiger partial charge in [-0.3, -0.25) is 14.3 Å². The predicted molar refractivity (Wildman–Crippen MR) is 142 cm³/mol. The number of aromatic amines is 1. The summed E-state index contributed by atoms with van der Waals surface area (Å²) in [6, 6.07) is 9.77. The number of aliphatic carboxylic acids is 1. The van der Waals surface area contributed by atoms with Gasteiger partial charge in [0.25, 0.3) is 11.5 Å². The van der Waals surface area contributed by atoms with Crippen LogP contribution in [0.5, 0.6) is 0 Å². The van der Waals surface area contributed by atoms with Crippen molar-refractivity contribution >= 4 is 34.3 Å². The fourth-order valence-electron chi connectivity index (χ4n) is 6.31. The van der Waals surface area contributed by atoms with Crippen molar-refractivity contribution in [1.29, 1.82) is 5.26 Å². The van der Waals surface area contributed by atoms with Crippen LogP contribution in [0.25, 0.3) is 10.9 Å². The van der Waals surface area contributed by atoms with Crippen LogP contribution in [0.15, 0.2) is 35.3 Å². The molecular weight excluding hydrogens is 500 g/mol. The number of pyridine rings is 1. The van der Waals surface area contributed by atoms with Gasteiger partial charge in [-0.1, -0.05) is 19.3 Å². The molecule has 11 heteroatoms. The number of nitriles is 1. The number of nitrogens with zero attached hydrogens (tertiary/aromatic N) is 4. The number of amides is 1. The number of aromatic nitrogens is 3. The van der Waals surface area contributed by atoms with Gasteiger partial charge in [0.05, 0.1) is 30.2 Å². The molecule has 202 valence electrons. The molecule has 2 unspecified atom stereocenters. The third-order valence-corrected chi connectivity index (χ3v) is 8.38. The van der Waals surface area contributed by atoms with Gasteiger partial charge in [-0.05, 0) is 55.5 Å². The Morgan fingerprint density at radius 1 is 1.23 bits per heavy atom. The molecule has 2 aliphatic heterocycles. The smallest absolute Gasteiger partial charge is 0.332 e. The number of rotatable bonds is 6. The number of carboxylic acid groups (broad SMARTS) is 1. The molecule has 3 N–H and O–H groups in total. The lowest BCUT2D eigenvalue weighted by Crippen LogP contribution is -2.46. The molecule has 3 aromatic rings. The molecule has 1 amide bonds. The first-order chi connectivity index (χ1) is 18.9. The van der Waals surface area contributed by atoms with Gasteiger partial charge < -0.3 is 25.0 Å². The second-order valence-corrected chi connectivity index (χ2v) is 10.8. The van der Waals surface area contributed by atoms with Crippen molar-refractivity contribution in [3.05, 3.63) is 51.9 Å². The first kappa shape index (κ1) is 25.1. The van der Waals surface area contributed by atoms with Crippen molar-refractivity contribution in [3.8, 4) is 6.07 Å². The van der Waals surface area contributed by atoms with E-state index in [9.17, 15) is 24.8 Å². The molecule has 0 radical (unpaired) electrons. The van der Waals surface area contributed by atoms with Crippen LogP contribution in [0.2, 0.25) is 0 Å². The lowest BCUT2D eigenvalue weighted by molar-refractivity contribution is -0.158. The Labute approximate surface area is 224 Å². The fraction of sp³-hybridized carbons (Fsp3) is 0.464. The molecule has 3 aliphatic rings. The van der Waals surface area contributed by atoms with E-state index in [4.69, 9.17) is 9.84 Å². The highest BCUT2D eigenvalue weighted by atomic mass is 16.5. The first-order valence-electron chi connectivity index (χ1n) is 13.4. The fourth-order valence-corrected chi connectivity index (χ4v) is 6.31. The SMILES string of the molecule is N#CCC1(n2nc(Nc3ccc4c(c3)CN(C3CCCCC3)C4=O)c3c(=O)[nH]ccc32)CCC(C(=O)O)OC1. The Hall–Kier alpha value is -4.17. The van der Waals surface area contributed by atoms with Crippen molar-refractivity contribution in [1.82, 2.24) is 19.7 Å². The highest BCUT2D eigenvalue weighted by Gasteiger charge is 2.42. The van der Waals surface area contributed by atoms with Gasteiger partial charge >= 0.3 is 5.97 Å². The van der Waals surface area contributed by atoms with Gasteiger partial charge in [-0.2, -0.15) is 10.4 Å². The Bertz CT molecular complexity index is 1540. The topological polar surface area (TPSA) is 153 Å². The number of carbonyl (C=O) groups is 2. The molecule has 0 bridgehead atoms. The third-order valence-electron chi connectivity index (χ3n) is 8.38. The molecule has 1 saturated carbocycles. The lowest BCUT2D eigenvalue weighted by atomic mass is 9.87. The van der Waals surface area contributed by atoms with Gasteiger partial charge in [0.15, 0.2) is 11.9 Å². The summed E-state index contributed by atoms with van der Waals surface area (Å²) in [4.78, 5) is 42.2. The van der Waals surface area contributed by atoms with Gasteiger partial charge in [-0.15, -0.1) is 0 Å². The number of hydrogen-bond acceptors (Lipinski definition) is 7. The van der Waals surface area contributed by atoms with E-state index >= 15 is 0 Å². The van der Waals surface area contributed by atoms with E-state index in [2.05, 4.69) is 16.4 Å². The minimum absolute atomic E-state index is 0.0154. The van der Waals surface area contributed by atoms with Crippen LogP contribution >= 0.6 is 0 Å². The zero-order chi connectivity index (χ0) is 27.1. The second kappa shape index (κ2) is 9.85. The summed E-state index contributed by atoms with van der Waals surface area (Å²) in [7, 11) is 0. The van der Waals surface area contributed by atoms with Crippen molar-refractivity contribution in [2.45, 2.75) is 75.6 Å². The molecule has 1 aromatic carbocycles. The Morgan fingerprint density at radius 3 is 2.77 bits per heavy atom. The molecule has 2 atom stereocenters. The number of hydrogen-bond donors (Lipinski definition) is 3. The number of anilines is 2. The van der Waals surface area contributed by atoms with Crippen LogP contribution in [0.1, 0.15) is 67.3 Å². The van der Waals surface area contributed by atoms with Crippen molar-refractivity contribution in [2.24, 2.45) is 0 Å². The summed E-state index contributed by atoms with van der Waals surface area (Å²) in [5, 5.41) is 27.4. The van der Waals surface area contributed by atoms with E-state index in [0.29, 0.717) is 40.9 Å². The summed E-state index contributed by atoms with van der Waals surface area (Å²) < 4.78 is 7.28. The molecule has 4 heterocycles. The van der Waals surface area contributed by atoms with Crippen LogP contribution in [0.4, 0.5) is 11.5 Å². The number of benzene rings is 1. The van der Waals surface area contributed by atoms with Gasteiger partial charge in [0, 0.05) is 30.0 Å². The minimum Gasteiger partial charge on any atom is -0.479 e. The number of ether oxygens (including phenoxy) is 1. The molecule has 1 saturated heterocycles. The van der Waals surface area contributed by atoms with Gasteiger partial charge in [0.2, 0.25) is 0 Å². The van der Waals surface area contributed by atoms with E-state index in [-0.39, 0.29) is 37.0 Å². The van der Waals surface area contributed by atoms with E-state index in [1.165, 1.54) is 12.6 Å². The van der Waals surface area contributed by atoms with Crippen LogP contribution in [0, 0.1) is 11.3 Å². The minimum atomic E-state index is -1.04. The highest BCUT2D eigenvalue weighted by Crippen LogP contribution is 2.38. The average Bonchev–Trinajstić information content (AvgIpc) is 3.48. The third kappa shape index (κ3) is 4.34. The van der Waals surface area contributed by atoms with Crippen molar-refractivity contribution in [3.63, 3.8) is 0 Å². The maximum absolute atomic E-state index is 13.1. The second-order valence-electron chi connectivity index (χ2n) is 10.8. The molecular formula is C28H30N6O5. The summed E-state index contributed by atoms with van der Waals surface area (Å²) >= 11 is 0. The molecule has 11 nitrogen and oxygen atoms in total. The van der Waals surface area contributed by atoms with E-state index in [1.807, 2.05) is 23.1 Å². The predicted octanol–water partition coefficient (Wildman–Crippen LogP) is 3.63. The summed E-state index contributed by atoms with van der Waals surface area (Å²) in [5.41, 5.74) is 1.61. The molecule has 0 spiro atoms. The summed E-state index contributed by atoms with van der Waals surface area (Å²) in [6.45, 7) is 0.552. The van der Waals surface area contributed by atoms with Crippen molar-refractivity contribution in [2.75, 3.05) is 11.9 Å². The molecule has 2 aromatic heterocycles. The number of carbonyl (C=O) groups excluding carboxylic acids is 1. The van der Waals surface area contributed by atoms with E-state index < -0.39 is 17.6 Å². The molecule has 2 fully saturated rings. The van der Waals surface area contributed by atoms with Crippen LogP contribution in [-0.4, -0.2) is 55.4 Å². The maximum atomic E-state index is 13.1. The quantitative estimate of drug-likeness (QED) is 0.437. The Morgan fingerprint density at radius 2 is 2.05 bits per heavy atom. The van der Waals surface area contributed by atoms with E-state index in [0.717, 1.165) is 31.2 Å². The normalized spacial score (nSPS) is 23.5. The van der Waals surface area contributed by atoms with Crippen molar-refractivity contribution < 1.29 is 19.4 Å². The Kier molecular flexibility index (Phi) is 6.35. The zero-order valence-electron chi connectivity index (χ0n) is 21.5. The van der Waals surface area contributed by atoms with Crippen LogP contribution in [0.3, 0.4) is 0 Å². The average molecular weight is 531 g/mol. The monoisotopic (exact) mass is 530 g/mol. The number of H-pyrrole nitrogens is 1. The van der Waals surface area contributed by atoms with E-state index in [1.54, 1.807) is 10.7 Å². The summed E-state index contributed by atoms with van der Waals surface area (Å²) in [5.74, 6) is -0.648. The number of nitrogens with one attached hydrogen (secondary N) is 2. The first-order valence-corrected chi connectivity index (χ1v) is 13.4. The number of fused-ring (bicyclic) bond motifs is 2.